The second-order valence-corrected chi connectivity index (χ2v) is 4.56. The molecule has 1 aromatic carbocycles. The first-order chi connectivity index (χ1) is 9.88. The molecule has 1 amide bonds. The van der Waals surface area contributed by atoms with Crippen molar-refractivity contribution in [3.63, 3.8) is 0 Å². The SMILES string of the molecule is Cc1cccc[n+]1CC(=O)Nc1ccccc1C(F)(F)F. The molecule has 2 aromatic rings. The summed E-state index contributed by atoms with van der Waals surface area (Å²) in [6, 6.07) is 10.3. The summed E-state index contributed by atoms with van der Waals surface area (Å²) in [5.74, 6) is -0.508. The van der Waals surface area contributed by atoms with Crippen molar-refractivity contribution >= 4 is 11.6 Å². The Morgan fingerprint density at radius 3 is 2.48 bits per heavy atom. The minimum atomic E-state index is -4.50. The minimum absolute atomic E-state index is 0.0428. The van der Waals surface area contributed by atoms with Crippen LogP contribution in [0.2, 0.25) is 0 Å². The fourth-order valence-electron chi connectivity index (χ4n) is 1.92. The van der Waals surface area contributed by atoms with Crippen LogP contribution in [0, 0.1) is 6.92 Å². The molecule has 21 heavy (non-hydrogen) atoms. The highest BCUT2D eigenvalue weighted by molar-refractivity contribution is 5.90. The van der Waals surface area contributed by atoms with E-state index in [1.807, 2.05) is 19.1 Å². The molecule has 0 bridgehead atoms. The van der Waals surface area contributed by atoms with Crippen molar-refractivity contribution < 1.29 is 22.5 Å². The summed E-state index contributed by atoms with van der Waals surface area (Å²) in [5.41, 5.74) is -0.242. The molecule has 1 N–H and O–H groups in total. The van der Waals surface area contributed by atoms with Gasteiger partial charge in [-0.2, -0.15) is 17.7 Å². The van der Waals surface area contributed by atoms with E-state index >= 15 is 0 Å². The highest BCUT2D eigenvalue weighted by Gasteiger charge is 2.33. The van der Waals surface area contributed by atoms with Gasteiger partial charge in [0, 0.05) is 19.1 Å². The fourth-order valence-corrected chi connectivity index (χ4v) is 1.92. The van der Waals surface area contributed by atoms with Crippen LogP contribution in [0.5, 0.6) is 0 Å². The van der Waals surface area contributed by atoms with Crippen LogP contribution in [-0.4, -0.2) is 5.91 Å². The van der Waals surface area contributed by atoms with Crippen LogP contribution in [-0.2, 0) is 17.5 Å². The summed E-state index contributed by atoms with van der Waals surface area (Å²) in [5, 5.41) is 2.31. The number of para-hydroxylation sites is 1. The number of carbonyl (C=O) groups excluding carboxylic acids is 1. The first-order valence-corrected chi connectivity index (χ1v) is 6.29. The summed E-state index contributed by atoms with van der Waals surface area (Å²) < 4.78 is 40.2. The summed E-state index contributed by atoms with van der Waals surface area (Å²) in [7, 11) is 0. The number of anilines is 1. The zero-order valence-electron chi connectivity index (χ0n) is 11.3. The number of benzene rings is 1. The zero-order valence-corrected chi connectivity index (χ0v) is 11.3. The van der Waals surface area contributed by atoms with Crippen molar-refractivity contribution in [2.45, 2.75) is 19.6 Å². The Morgan fingerprint density at radius 1 is 1.14 bits per heavy atom. The third-order valence-electron chi connectivity index (χ3n) is 2.99. The molecule has 0 aliphatic heterocycles. The lowest BCUT2D eigenvalue weighted by atomic mass is 10.1. The molecule has 3 nitrogen and oxygen atoms in total. The van der Waals surface area contributed by atoms with Gasteiger partial charge in [0.1, 0.15) is 0 Å². The first-order valence-electron chi connectivity index (χ1n) is 6.29. The van der Waals surface area contributed by atoms with Crippen LogP contribution in [0.25, 0.3) is 0 Å². The van der Waals surface area contributed by atoms with E-state index in [1.165, 1.54) is 18.2 Å². The number of halogens is 3. The number of alkyl halides is 3. The van der Waals surface area contributed by atoms with Crippen LogP contribution in [0.3, 0.4) is 0 Å². The lowest BCUT2D eigenvalue weighted by Gasteiger charge is -2.12. The summed E-state index contributed by atoms with van der Waals surface area (Å²) in [4.78, 5) is 11.9. The molecule has 0 unspecified atom stereocenters. The molecule has 2 rings (SSSR count). The molecule has 0 atom stereocenters. The van der Waals surface area contributed by atoms with Gasteiger partial charge in [0.25, 0.3) is 5.91 Å². The molecule has 6 heteroatoms. The molecule has 1 aromatic heterocycles. The highest BCUT2D eigenvalue weighted by Crippen LogP contribution is 2.34. The van der Waals surface area contributed by atoms with Crippen LogP contribution in [0.15, 0.2) is 48.7 Å². The van der Waals surface area contributed by atoms with Crippen LogP contribution in [0.4, 0.5) is 18.9 Å². The molecular weight excluding hydrogens is 281 g/mol. The van der Waals surface area contributed by atoms with E-state index in [2.05, 4.69) is 5.32 Å². The zero-order chi connectivity index (χ0) is 15.5. The predicted octanol–water partition coefficient (Wildman–Crippen LogP) is 2.94. The van der Waals surface area contributed by atoms with Crippen molar-refractivity contribution in [3.05, 3.63) is 59.9 Å². The number of amides is 1. The van der Waals surface area contributed by atoms with E-state index in [4.69, 9.17) is 0 Å². The molecule has 110 valence electrons. The van der Waals surface area contributed by atoms with E-state index in [1.54, 1.807) is 16.8 Å². The second-order valence-electron chi connectivity index (χ2n) is 4.56. The predicted molar refractivity (Wildman–Crippen MR) is 71.4 cm³/mol. The van der Waals surface area contributed by atoms with E-state index in [0.717, 1.165) is 11.8 Å². The average Bonchev–Trinajstić information content (AvgIpc) is 2.41. The lowest BCUT2D eigenvalue weighted by molar-refractivity contribution is -0.690. The standard InChI is InChI=1S/C15H13F3N2O/c1-11-6-4-5-9-20(11)10-14(21)19-13-8-3-2-7-12(13)15(16,17)18/h2-9H,10H2,1H3/p+1. The van der Waals surface area contributed by atoms with Gasteiger partial charge in [-0.1, -0.05) is 18.2 Å². The van der Waals surface area contributed by atoms with Gasteiger partial charge in [-0.3, -0.25) is 4.79 Å². The van der Waals surface area contributed by atoms with Gasteiger partial charge in [0.05, 0.1) is 11.3 Å². The molecule has 0 saturated heterocycles. The van der Waals surface area contributed by atoms with Gasteiger partial charge < -0.3 is 5.32 Å². The lowest BCUT2D eigenvalue weighted by Crippen LogP contribution is -2.42. The molecule has 0 spiro atoms. The maximum atomic E-state index is 12.8. The number of hydrogen-bond acceptors (Lipinski definition) is 1. The molecule has 0 saturated carbocycles. The van der Waals surface area contributed by atoms with Crippen molar-refractivity contribution in [1.82, 2.24) is 0 Å². The topological polar surface area (TPSA) is 33.0 Å². The van der Waals surface area contributed by atoms with Gasteiger partial charge in [-0.15, -0.1) is 0 Å². The highest BCUT2D eigenvalue weighted by atomic mass is 19.4. The van der Waals surface area contributed by atoms with Crippen LogP contribution >= 0.6 is 0 Å². The van der Waals surface area contributed by atoms with Crippen molar-refractivity contribution in [2.24, 2.45) is 0 Å². The molecular formula is C15H14F3N2O+. The molecule has 0 aliphatic carbocycles. The van der Waals surface area contributed by atoms with Gasteiger partial charge in [-0.05, 0) is 12.1 Å². The second kappa shape index (κ2) is 5.95. The number of aromatic nitrogens is 1. The Labute approximate surface area is 120 Å². The van der Waals surface area contributed by atoms with Crippen molar-refractivity contribution in [3.8, 4) is 0 Å². The number of nitrogens with zero attached hydrogens (tertiary/aromatic N) is 1. The fraction of sp³-hybridized carbons (Fsp3) is 0.200. The Hall–Kier alpha value is -2.37. The number of hydrogen-bond donors (Lipinski definition) is 1. The third kappa shape index (κ3) is 3.81. The smallest absolute Gasteiger partial charge is 0.320 e. The quantitative estimate of drug-likeness (QED) is 0.868. The minimum Gasteiger partial charge on any atom is -0.320 e. The molecule has 1 heterocycles. The molecule has 0 fully saturated rings. The molecule has 0 radical (unpaired) electrons. The van der Waals surface area contributed by atoms with Crippen molar-refractivity contribution in [1.29, 1.82) is 0 Å². The van der Waals surface area contributed by atoms with E-state index in [9.17, 15) is 18.0 Å². The summed E-state index contributed by atoms with van der Waals surface area (Å²) in [6.07, 6.45) is -2.80. The molecule has 0 aliphatic rings. The average molecular weight is 295 g/mol. The Kier molecular flexibility index (Phi) is 4.26. The van der Waals surface area contributed by atoms with Gasteiger partial charge >= 0.3 is 6.18 Å². The van der Waals surface area contributed by atoms with Gasteiger partial charge in [0.15, 0.2) is 11.9 Å². The van der Waals surface area contributed by atoms with E-state index in [-0.39, 0.29) is 12.2 Å². The first kappa shape index (κ1) is 15.0. The van der Waals surface area contributed by atoms with Crippen LogP contribution in [0.1, 0.15) is 11.3 Å². The van der Waals surface area contributed by atoms with Crippen molar-refractivity contribution in [2.75, 3.05) is 5.32 Å². The number of nitrogens with one attached hydrogen (secondary N) is 1. The van der Waals surface area contributed by atoms with Gasteiger partial charge in [-0.25, -0.2) is 0 Å². The number of aryl methyl sites for hydroxylation is 1. The van der Waals surface area contributed by atoms with Gasteiger partial charge in [0.2, 0.25) is 6.54 Å². The number of pyridine rings is 1. The third-order valence-corrected chi connectivity index (χ3v) is 2.99. The summed E-state index contributed by atoms with van der Waals surface area (Å²) >= 11 is 0. The maximum absolute atomic E-state index is 12.8. The largest absolute Gasteiger partial charge is 0.418 e. The number of carbonyl (C=O) groups is 1. The Balaban J connectivity index is 2.16. The summed E-state index contributed by atoms with van der Waals surface area (Å²) in [6.45, 7) is 1.77. The Bertz CT molecular complexity index is 653. The van der Waals surface area contributed by atoms with Crippen LogP contribution < -0.4 is 9.88 Å². The Morgan fingerprint density at radius 2 is 1.81 bits per heavy atom. The van der Waals surface area contributed by atoms with E-state index in [0.29, 0.717) is 0 Å². The number of rotatable bonds is 3. The van der Waals surface area contributed by atoms with E-state index < -0.39 is 17.6 Å². The normalized spacial score (nSPS) is 11.2. The maximum Gasteiger partial charge on any atom is 0.418 e. The monoisotopic (exact) mass is 295 g/mol.